The molecule has 1 aromatic carbocycles. The number of ether oxygens (including phenoxy) is 2. The number of aliphatic carboxylic acids is 1. The Bertz CT molecular complexity index is 1320. The summed E-state index contributed by atoms with van der Waals surface area (Å²) in [5, 5.41) is 11.0. The van der Waals surface area contributed by atoms with E-state index < -0.39 is 17.7 Å². The van der Waals surface area contributed by atoms with Crippen LogP contribution in [-0.2, 0) is 16.0 Å². The van der Waals surface area contributed by atoms with Gasteiger partial charge in [0, 0.05) is 47.6 Å². The molecule has 1 atom stereocenters. The van der Waals surface area contributed by atoms with Gasteiger partial charge >= 0.3 is 5.97 Å². The summed E-state index contributed by atoms with van der Waals surface area (Å²) in [6, 6.07) is 11.5. The Hall–Kier alpha value is -3.16. The van der Waals surface area contributed by atoms with Crippen LogP contribution in [0.4, 0.5) is 5.69 Å². The second kappa shape index (κ2) is 12.1. The summed E-state index contributed by atoms with van der Waals surface area (Å²) in [7, 11) is 0. The Balaban J connectivity index is 1.68. The third kappa shape index (κ3) is 7.32. The highest BCUT2D eigenvalue weighted by Gasteiger charge is 2.36. The van der Waals surface area contributed by atoms with Crippen molar-refractivity contribution in [3.05, 3.63) is 70.6 Å². The number of piperidine rings is 1. The van der Waals surface area contributed by atoms with E-state index >= 15 is 0 Å². The molecule has 1 aliphatic heterocycles. The Morgan fingerprint density at radius 3 is 2.40 bits per heavy atom. The van der Waals surface area contributed by atoms with Crippen LogP contribution in [0.15, 0.2) is 48.8 Å². The molecular weight excluding hydrogens is 526 g/mol. The van der Waals surface area contributed by atoms with Crippen LogP contribution in [0.2, 0.25) is 5.02 Å². The maximum Gasteiger partial charge on any atom is 0.337 e. The van der Waals surface area contributed by atoms with Crippen molar-refractivity contribution in [2.24, 2.45) is 5.41 Å². The van der Waals surface area contributed by atoms with E-state index in [9.17, 15) is 9.90 Å². The van der Waals surface area contributed by atoms with Crippen LogP contribution in [0.5, 0.6) is 5.75 Å². The zero-order valence-electron chi connectivity index (χ0n) is 24.3. The maximum atomic E-state index is 12.6. The Morgan fingerprint density at radius 2 is 1.80 bits per heavy atom. The number of halogens is 1. The van der Waals surface area contributed by atoms with Crippen LogP contribution in [0, 0.1) is 12.3 Å². The van der Waals surface area contributed by atoms with Crippen LogP contribution in [0.3, 0.4) is 0 Å². The average molecular weight is 566 g/mol. The van der Waals surface area contributed by atoms with E-state index in [1.165, 1.54) is 0 Å². The first kappa shape index (κ1) is 29.8. The number of carboxylic acids is 1. The van der Waals surface area contributed by atoms with Crippen molar-refractivity contribution in [2.75, 3.05) is 24.6 Å². The van der Waals surface area contributed by atoms with Gasteiger partial charge in [0.1, 0.15) is 5.75 Å². The minimum absolute atomic E-state index is 0.230. The Labute approximate surface area is 242 Å². The Morgan fingerprint density at radius 1 is 1.10 bits per heavy atom. The molecule has 7 nitrogen and oxygen atoms in total. The van der Waals surface area contributed by atoms with Crippen molar-refractivity contribution < 1.29 is 19.4 Å². The van der Waals surface area contributed by atoms with Crippen molar-refractivity contribution in [2.45, 2.75) is 72.5 Å². The van der Waals surface area contributed by atoms with Gasteiger partial charge in [-0.3, -0.25) is 9.97 Å². The van der Waals surface area contributed by atoms with Gasteiger partial charge in [-0.05, 0) is 69.7 Å². The van der Waals surface area contributed by atoms with Crippen molar-refractivity contribution in [3.8, 4) is 17.0 Å². The molecule has 1 unspecified atom stereocenters. The maximum absolute atomic E-state index is 12.6. The molecule has 1 fully saturated rings. The number of pyridine rings is 2. The van der Waals surface area contributed by atoms with E-state index in [0.29, 0.717) is 35.7 Å². The molecule has 2 aromatic heterocycles. The average Bonchev–Trinajstić information content (AvgIpc) is 2.88. The molecule has 1 N–H and O–H groups in total. The number of rotatable bonds is 9. The van der Waals surface area contributed by atoms with E-state index in [-0.39, 0.29) is 5.41 Å². The highest BCUT2D eigenvalue weighted by atomic mass is 35.5. The zero-order valence-corrected chi connectivity index (χ0v) is 25.1. The van der Waals surface area contributed by atoms with Crippen LogP contribution < -0.4 is 9.64 Å². The fraction of sp³-hybridized carbons (Fsp3) is 0.469. The number of nitrogens with zero attached hydrogens (tertiary/aromatic N) is 3. The first-order valence-electron chi connectivity index (χ1n) is 13.8. The number of hydrogen-bond donors (Lipinski definition) is 1. The smallest absolute Gasteiger partial charge is 0.337 e. The van der Waals surface area contributed by atoms with Crippen molar-refractivity contribution in [1.82, 2.24) is 9.97 Å². The molecular formula is C32H40ClN3O4. The first-order valence-corrected chi connectivity index (χ1v) is 14.2. The molecule has 4 rings (SSSR count). The third-order valence-electron chi connectivity index (χ3n) is 7.29. The topological polar surface area (TPSA) is 84.8 Å². The SMILES string of the molecule is Cc1ncc(-c2ccc(OCCc3ccccc3Cl)cn2)c(N2CCC(C)(C)CC2)c1C(OC(C)(C)C)C(=O)O. The molecule has 3 heterocycles. The van der Waals surface area contributed by atoms with Gasteiger partial charge in [-0.1, -0.05) is 43.6 Å². The molecule has 0 amide bonds. The van der Waals surface area contributed by atoms with E-state index in [2.05, 4.69) is 23.7 Å². The number of aromatic nitrogens is 2. The molecule has 0 saturated carbocycles. The molecule has 8 heteroatoms. The van der Waals surface area contributed by atoms with Crippen molar-refractivity contribution in [3.63, 3.8) is 0 Å². The van der Waals surface area contributed by atoms with E-state index in [0.717, 1.165) is 47.8 Å². The van der Waals surface area contributed by atoms with Gasteiger partial charge in [-0.2, -0.15) is 0 Å². The summed E-state index contributed by atoms with van der Waals surface area (Å²) in [6.45, 7) is 14.1. The molecule has 1 saturated heterocycles. The summed E-state index contributed by atoms with van der Waals surface area (Å²) in [5.74, 6) is -0.386. The number of aryl methyl sites for hydroxylation is 1. The van der Waals surface area contributed by atoms with Gasteiger partial charge in [0.2, 0.25) is 0 Å². The molecule has 0 aliphatic carbocycles. The normalized spacial score (nSPS) is 16.0. The van der Waals surface area contributed by atoms with Gasteiger partial charge in [-0.15, -0.1) is 0 Å². The predicted octanol–water partition coefficient (Wildman–Crippen LogP) is 7.29. The largest absolute Gasteiger partial charge is 0.492 e. The molecule has 3 aromatic rings. The van der Waals surface area contributed by atoms with Gasteiger partial charge in [0.25, 0.3) is 0 Å². The minimum Gasteiger partial charge on any atom is -0.492 e. The summed E-state index contributed by atoms with van der Waals surface area (Å²) < 4.78 is 12.1. The van der Waals surface area contributed by atoms with Gasteiger partial charge in [0.15, 0.2) is 6.10 Å². The first-order chi connectivity index (χ1) is 18.8. The zero-order chi connectivity index (χ0) is 29.1. The van der Waals surface area contributed by atoms with Crippen LogP contribution in [0.25, 0.3) is 11.3 Å². The standard InChI is InChI=1S/C32H40ClN3O4/c1-21-27(29(30(37)38)40-31(2,3)4)28(36-16-14-32(5,6)15-17-36)24(20-34-21)26-12-11-23(19-35-26)39-18-13-22-9-7-8-10-25(22)33/h7-12,19-20,29H,13-18H2,1-6H3,(H,37,38). The second-order valence-electron chi connectivity index (χ2n) is 12.2. The van der Waals surface area contributed by atoms with Crippen LogP contribution in [-0.4, -0.2) is 46.3 Å². The van der Waals surface area contributed by atoms with Gasteiger partial charge in [-0.25, -0.2) is 4.79 Å². The van der Waals surface area contributed by atoms with E-state index in [4.69, 9.17) is 26.1 Å². The highest BCUT2D eigenvalue weighted by Crippen LogP contribution is 2.43. The van der Waals surface area contributed by atoms with Crippen LogP contribution in [0.1, 0.15) is 70.4 Å². The minimum atomic E-state index is -1.16. The predicted molar refractivity (Wildman–Crippen MR) is 159 cm³/mol. The fourth-order valence-corrected chi connectivity index (χ4v) is 5.21. The molecule has 214 valence electrons. The number of benzene rings is 1. The van der Waals surface area contributed by atoms with Crippen LogP contribution >= 0.6 is 11.6 Å². The summed E-state index contributed by atoms with van der Waals surface area (Å²) in [4.78, 5) is 24.2. The monoisotopic (exact) mass is 565 g/mol. The molecule has 0 radical (unpaired) electrons. The Kier molecular flexibility index (Phi) is 9.06. The van der Waals surface area contributed by atoms with Crippen molar-refractivity contribution in [1.29, 1.82) is 0 Å². The number of anilines is 1. The van der Waals surface area contributed by atoms with Gasteiger partial charge < -0.3 is 19.5 Å². The summed E-state index contributed by atoms with van der Waals surface area (Å²) in [5.41, 5.74) is 4.15. The number of carbonyl (C=O) groups is 1. The quantitative estimate of drug-likeness (QED) is 0.291. The lowest BCUT2D eigenvalue weighted by Crippen LogP contribution is -2.39. The second-order valence-corrected chi connectivity index (χ2v) is 12.6. The number of carboxylic acid groups (broad SMARTS) is 1. The highest BCUT2D eigenvalue weighted by molar-refractivity contribution is 6.31. The lowest BCUT2D eigenvalue weighted by molar-refractivity contribution is -0.160. The summed E-state index contributed by atoms with van der Waals surface area (Å²) in [6.07, 6.45) is 5.01. The lowest BCUT2D eigenvalue weighted by Gasteiger charge is -2.40. The lowest BCUT2D eigenvalue weighted by atomic mass is 9.82. The van der Waals surface area contributed by atoms with E-state index in [1.54, 1.807) is 12.4 Å². The fourth-order valence-electron chi connectivity index (χ4n) is 4.98. The van der Waals surface area contributed by atoms with Gasteiger partial charge in [0.05, 0.1) is 29.8 Å². The molecule has 1 aliphatic rings. The third-order valence-corrected chi connectivity index (χ3v) is 7.66. The van der Waals surface area contributed by atoms with Crippen molar-refractivity contribution >= 4 is 23.3 Å². The number of hydrogen-bond acceptors (Lipinski definition) is 6. The molecule has 40 heavy (non-hydrogen) atoms. The van der Waals surface area contributed by atoms with E-state index in [1.807, 2.05) is 64.1 Å². The summed E-state index contributed by atoms with van der Waals surface area (Å²) >= 11 is 6.27. The molecule has 0 bridgehead atoms. The molecule has 0 spiro atoms.